The number of piperidine rings is 1. The van der Waals surface area contributed by atoms with Crippen molar-refractivity contribution in [2.75, 3.05) is 36.9 Å². The van der Waals surface area contributed by atoms with Gasteiger partial charge in [0.25, 0.3) is 5.91 Å². The number of hydrogen-bond acceptors (Lipinski definition) is 6. The Balaban J connectivity index is 1.33. The zero-order chi connectivity index (χ0) is 29.1. The first-order valence-corrected chi connectivity index (χ1v) is 16.4. The Hall–Kier alpha value is -3.21. The van der Waals surface area contributed by atoms with Gasteiger partial charge in [-0.2, -0.15) is 0 Å². The second kappa shape index (κ2) is 12.6. The van der Waals surface area contributed by atoms with E-state index >= 15 is 0 Å². The molecule has 3 aromatic carbocycles. The zero-order valence-corrected chi connectivity index (χ0v) is 24.9. The Morgan fingerprint density at radius 1 is 1.00 bits per heavy atom. The first-order valence-electron chi connectivity index (χ1n) is 14.5. The largest absolute Gasteiger partial charge is 0.377 e. The maximum absolute atomic E-state index is 13.4. The summed E-state index contributed by atoms with van der Waals surface area (Å²) in [5, 5.41) is 7.00. The molecule has 220 valence electrons. The number of fused-ring (bicyclic) bond motifs is 1. The number of amides is 1. The van der Waals surface area contributed by atoms with E-state index in [-0.39, 0.29) is 23.5 Å². The third kappa shape index (κ3) is 6.40. The fourth-order valence-electron chi connectivity index (χ4n) is 5.79. The molecule has 42 heavy (non-hydrogen) atoms. The van der Waals surface area contributed by atoms with E-state index in [0.717, 1.165) is 49.3 Å². The number of rotatable bonds is 9. The molecule has 0 bridgehead atoms. The van der Waals surface area contributed by atoms with E-state index < -0.39 is 10.0 Å². The first kappa shape index (κ1) is 28.9. The molecule has 2 saturated heterocycles. The average Bonchev–Trinajstić information content (AvgIpc) is 3.64. The van der Waals surface area contributed by atoms with Crippen molar-refractivity contribution >= 4 is 50.2 Å². The van der Waals surface area contributed by atoms with Crippen LogP contribution in [0.2, 0.25) is 5.02 Å². The Bertz CT molecular complexity index is 1600. The highest BCUT2D eigenvalue weighted by atomic mass is 35.5. The van der Waals surface area contributed by atoms with Crippen LogP contribution < -0.4 is 15.4 Å². The first-order chi connectivity index (χ1) is 20.4. The molecule has 0 spiro atoms. The Labute approximate surface area is 252 Å². The third-order valence-electron chi connectivity index (χ3n) is 8.05. The molecular weight excluding hydrogens is 572 g/mol. The number of halogens is 1. The molecule has 8 nitrogen and oxygen atoms in total. The highest BCUT2D eigenvalue weighted by molar-refractivity contribution is 7.89. The number of likely N-dealkylation sites (tertiary alicyclic amines) is 1. The lowest BCUT2D eigenvalue weighted by molar-refractivity contribution is -0.110. The number of benzene rings is 3. The van der Waals surface area contributed by atoms with E-state index in [1.54, 1.807) is 12.1 Å². The van der Waals surface area contributed by atoms with E-state index in [0.29, 0.717) is 34.2 Å². The summed E-state index contributed by atoms with van der Waals surface area (Å²) >= 11 is 6.75. The molecular formula is C32H35ClN4O4S. The van der Waals surface area contributed by atoms with Crippen molar-refractivity contribution < 1.29 is 17.9 Å². The molecule has 3 aromatic rings. The molecule has 3 aliphatic rings. The van der Waals surface area contributed by atoms with E-state index in [4.69, 9.17) is 16.3 Å². The number of hydrogen-bond donors (Lipinski definition) is 3. The molecule has 1 amide bonds. The van der Waals surface area contributed by atoms with Crippen LogP contribution in [0.15, 0.2) is 71.6 Å². The molecule has 0 radical (unpaired) electrons. The van der Waals surface area contributed by atoms with Crippen LogP contribution in [0.5, 0.6) is 0 Å². The summed E-state index contributed by atoms with van der Waals surface area (Å²) in [6.45, 7) is 3.83. The van der Waals surface area contributed by atoms with Crippen molar-refractivity contribution in [3.63, 3.8) is 0 Å². The van der Waals surface area contributed by atoms with Gasteiger partial charge in [0.05, 0.1) is 22.3 Å². The van der Waals surface area contributed by atoms with E-state index in [1.807, 2.05) is 48.5 Å². The van der Waals surface area contributed by atoms with Crippen molar-refractivity contribution in [2.45, 2.75) is 49.6 Å². The second-order valence-electron chi connectivity index (χ2n) is 11.0. The van der Waals surface area contributed by atoms with E-state index in [1.165, 1.54) is 25.3 Å². The van der Waals surface area contributed by atoms with Crippen LogP contribution in [0, 0.1) is 0 Å². The Kier molecular flexibility index (Phi) is 8.65. The van der Waals surface area contributed by atoms with Gasteiger partial charge in [0.15, 0.2) is 0 Å². The lowest BCUT2D eigenvalue weighted by Gasteiger charge is -2.27. The Morgan fingerprint density at radius 3 is 2.55 bits per heavy atom. The van der Waals surface area contributed by atoms with E-state index in [2.05, 4.69) is 20.3 Å². The van der Waals surface area contributed by atoms with Crippen LogP contribution in [0.25, 0.3) is 11.3 Å². The third-order valence-corrected chi connectivity index (χ3v) is 9.82. The second-order valence-corrected chi connectivity index (χ2v) is 13.2. The summed E-state index contributed by atoms with van der Waals surface area (Å²) in [5.74, 6) is -0.314. The lowest BCUT2D eigenvalue weighted by Crippen LogP contribution is -2.31. The normalized spacial score (nSPS) is 20.3. The summed E-state index contributed by atoms with van der Waals surface area (Å²) in [7, 11) is -3.82. The highest BCUT2D eigenvalue weighted by Gasteiger charge is 2.31. The monoisotopic (exact) mass is 606 g/mol. The van der Waals surface area contributed by atoms with Crippen LogP contribution in [-0.4, -0.2) is 51.6 Å². The lowest BCUT2D eigenvalue weighted by atomic mass is 10.00. The van der Waals surface area contributed by atoms with Crippen molar-refractivity contribution in [2.24, 2.45) is 0 Å². The van der Waals surface area contributed by atoms with Crippen LogP contribution in [-0.2, 0) is 26.1 Å². The van der Waals surface area contributed by atoms with Crippen LogP contribution >= 0.6 is 11.6 Å². The number of ether oxygens (including phenoxy) is 1. The van der Waals surface area contributed by atoms with Crippen molar-refractivity contribution in [3.05, 3.63) is 88.4 Å². The molecule has 6 rings (SSSR count). The standard InChI is InChI=1S/C32H35ClN4O4S/c33-28-18-24(12-11-23(28)21-37-15-5-2-6-16-37)35-31(22-8-3-1-4-9-22)30-27-19-26(13-14-29(27)36-32(30)38)42(39,40)34-20-25-10-7-17-41-25/h1,3-4,8-9,11-14,18-19,25,34-35H,2,5-7,10,15-17,20-21H2,(H,36,38)/b31-30-. The highest BCUT2D eigenvalue weighted by Crippen LogP contribution is 2.39. The van der Waals surface area contributed by atoms with Crippen molar-refractivity contribution in [1.82, 2.24) is 9.62 Å². The minimum atomic E-state index is -3.82. The zero-order valence-electron chi connectivity index (χ0n) is 23.4. The van der Waals surface area contributed by atoms with Crippen molar-refractivity contribution in [3.8, 4) is 0 Å². The quantitative estimate of drug-likeness (QED) is 0.270. The number of nitrogens with one attached hydrogen (secondary N) is 3. The summed E-state index contributed by atoms with van der Waals surface area (Å²) < 4.78 is 34.6. The van der Waals surface area contributed by atoms with Gasteiger partial charge in [-0.25, -0.2) is 13.1 Å². The van der Waals surface area contributed by atoms with Crippen LogP contribution in [0.4, 0.5) is 11.4 Å². The Morgan fingerprint density at radius 2 is 1.81 bits per heavy atom. The molecule has 3 aliphatic heterocycles. The molecule has 0 saturated carbocycles. The van der Waals surface area contributed by atoms with Gasteiger partial charge in [-0.05, 0) is 80.2 Å². The van der Waals surface area contributed by atoms with Crippen LogP contribution in [0.1, 0.15) is 48.8 Å². The summed E-state index contributed by atoms with van der Waals surface area (Å²) in [4.78, 5) is 15.9. The summed E-state index contributed by atoms with van der Waals surface area (Å²) in [5.41, 5.74) is 4.57. The molecule has 1 atom stereocenters. The number of nitrogens with zero attached hydrogens (tertiary/aromatic N) is 1. The van der Waals surface area contributed by atoms with Gasteiger partial charge in [-0.1, -0.05) is 54.4 Å². The molecule has 1 unspecified atom stereocenters. The molecule has 0 aliphatic carbocycles. The predicted octanol–water partition coefficient (Wildman–Crippen LogP) is 5.72. The molecule has 2 fully saturated rings. The van der Waals surface area contributed by atoms with Crippen molar-refractivity contribution in [1.29, 1.82) is 0 Å². The fourth-order valence-corrected chi connectivity index (χ4v) is 7.13. The number of carbonyl (C=O) groups is 1. The maximum Gasteiger partial charge on any atom is 0.258 e. The maximum atomic E-state index is 13.4. The molecule has 3 N–H and O–H groups in total. The van der Waals surface area contributed by atoms with Gasteiger partial charge in [0.1, 0.15) is 0 Å². The van der Waals surface area contributed by atoms with Gasteiger partial charge in [-0.15, -0.1) is 0 Å². The SMILES string of the molecule is O=C1Nc2ccc(S(=O)(=O)NCC3CCCO3)cc2/C1=C(/Nc1ccc(CN2CCCCC2)c(Cl)c1)c1ccccc1. The topological polar surface area (TPSA) is 99.8 Å². The molecule has 0 aromatic heterocycles. The number of sulfonamides is 1. The molecule has 3 heterocycles. The predicted molar refractivity (Wildman–Crippen MR) is 167 cm³/mol. The molecule has 10 heteroatoms. The fraction of sp³-hybridized carbons (Fsp3) is 0.344. The number of carbonyl (C=O) groups excluding carboxylic acids is 1. The summed E-state index contributed by atoms with van der Waals surface area (Å²) in [6.07, 6.45) is 5.33. The van der Waals surface area contributed by atoms with E-state index in [9.17, 15) is 13.2 Å². The average molecular weight is 607 g/mol. The minimum absolute atomic E-state index is 0.0887. The minimum Gasteiger partial charge on any atom is -0.377 e. The van der Waals surface area contributed by atoms with Gasteiger partial charge in [0, 0.05) is 41.7 Å². The van der Waals surface area contributed by atoms with Gasteiger partial charge in [0.2, 0.25) is 10.0 Å². The van der Waals surface area contributed by atoms with Gasteiger partial charge in [-0.3, -0.25) is 9.69 Å². The smallest absolute Gasteiger partial charge is 0.258 e. The summed E-state index contributed by atoms with van der Waals surface area (Å²) in [6, 6.07) is 20.1. The van der Waals surface area contributed by atoms with Gasteiger partial charge >= 0.3 is 0 Å². The number of anilines is 2. The van der Waals surface area contributed by atoms with Crippen LogP contribution in [0.3, 0.4) is 0 Å². The van der Waals surface area contributed by atoms with Gasteiger partial charge < -0.3 is 15.4 Å².